The van der Waals surface area contributed by atoms with Crippen molar-refractivity contribution in [1.29, 1.82) is 0 Å². The summed E-state index contributed by atoms with van der Waals surface area (Å²) in [4.78, 5) is 20.2. The van der Waals surface area contributed by atoms with E-state index in [1.54, 1.807) is 0 Å². The van der Waals surface area contributed by atoms with E-state index in [0.29, 0.717) is 19.6 Å². The van der Waals surface area contributed by atoms with Gasteiger partial charge in [-0.1, -0.05) is 24.8 Å². The second-order valence-corrected chi connectivity index (χ2v) is 6.25. The van der Waals surface area contributed by atoms with Crippen LogP contribution in [0.5, 0.6) is 0 Å². The number of hydrogen-bond donors (Lipinski definition) is 1. The molecule has 0 atom stereocenters. The third kappa shape index (κ3) is 3.56. The highest BCUT2D eigenvalue weighted by Crippen LogP contribution is 2.31. The predicted molar refractivity (Wildman–Crippen MR) is 101 cm³/mol. The lowest BCUT2D eigenvalue weighted by Gasteiger charge is -2.36. The number of rotatable bonds is 4. The van der Waals surface area contributed by atoms with Gasteiger partial charge in [0.2, 0.25) is 5.91 Å². The summed E-state index contributed by atoms with van der Waals surface area (Å²) in [5.74, 6) is -0.000872. The maximum absolute atomic E-state index is 11.8. The van der Waals surface area contributed by atoms with Crippen molar-refractivity contribution in [2.75, 3.05) is 31.1 Å². The number of aryl methyl sites for hydroxylation is 1. The molecular weight excluding hydrogens is 312 g/mol. The van der Waals surface area contributed by atoms with Crippen LogP contribution in [0.3, 0.4) is 0 Å². The van der Waals surface area contributed by atoms with E-state index in [1.165, 1.54) is 11.6 Å². The number of nitrogens with two attached hydrogens (primary N) is 1. The monoisotopic (exact) mass is 336 g/mol. The fourth-order valence-corrected chi connectivity index (χ4v) is 3.27. The van der Waals surface area contributed by atoms with Crippen LogP contribution in [-0.2, 0) is 11.3 Å². The van der Waals surface area contributed by atoms with Gasteiger partial charge >= 0.3 is 0 Å². The molecule has 2 aromatic rings. The Balaban J connectivity index is 1.86. The van der Waals surface area contributed by atoms with Crippen LogP contribution in [0.4, 0.5) is 5.69 Å². The molecular formula is C20H24N4O. The highest BCUT2D eigenvalue weighted by molar-refractivity contribution is 5.87. The molecule has 1 amide bonds. The summed E-state index contributed by atoms with van der Waals surface area (Å²) in [6.45, 7) is 9.18. The maximum Gasteiger partial charge on any atom is 0.246 e. The lowest BCUT2D eigenvalue weighted by molar-refractivity contribution is -0.126. The molecule has 0 aliphatic carbocycles. The van der Waals surface area contributed by atoms with E-state index in [-0.39, 0.29) is 5.91 Å². The molecule has 5 heteroatoms. The Morgan fingerprint density at radius 1 is 1.28 bits per heavy atom. The van der Waals surface area contributed by atoms with Crippen molar-refractivity contribution < 1.29 is 4.79 Å². The van der Waals surface area contributed by atoms with Gasteiger partial charge in [0.15, 0.2) is 0 Å². The number of pyridine rings is 1. The highest BCUT2D eigenvalue weighted by atomic mass is 16.2. The van der Waals surface area contributed by atoms with Gasteiger partial charge in [-0.2, -0.15) is 0 Å². The first-order valence-corrected chi connectivity index (χ1v) is 8.54. The molecule has 1 saturated heterocycles. The molecule has 1 aromatic heterocycles. The van der Waals surface area contributed by atoms with E-state index in [1.807, 2.05) is 23.4 Å². The zero-order chi connectivity index (χ0) is 17.8. The molecule has 0 saturated carbocycles. The summed E-state index contributed by atoms with van der Waals surface area (Å²) in [5.41, 5.74) is 11.6. The third-order valence-corrected chi connectivity index (χ3v) is 4.78. The van der Waals surface area contributed by atoms with Crippen molar-refractivity contribution in [1.82, 2.24) is 9.88 Å². The molecule has 3 rings (SSSR count). The molecule has 25 heavy (non-hydrogen) atoms. The van der Waals surface area contributed by atoms with E-state index >= 15 is 0 Å². The largest absolute Gasteiger partial charge is 0.366 e. The summed E-state index contributed by atoms with van der Waals surface area (Å²) in [6, 6.07) is 8.44. The number of hydrogen-bond acceptors (Lipinski definition) is 4. The zero-order valence-electron chi connectivity index (χ0n) is 14.6. The van der Waals surface area contributed by atoms with Crippen LogP contribution in [-0.4, -0.2) is 42.0 Å². The van der Waals surface area contributed by atoms with Gasteiger partial charge < -0.3 is 15.5 Å². The van der Waals surface area contributed by atoms with Crippen LogP contribution in [0, 0.1) is 6.92 Å². The summed E-state index contributed by atoms with van der Waals surface area (Å²) >= 11 is 0. The van der Waals surface area contributed by atoms with Gasteiger partial charge in [-0.15, -0.1) is 0 Å². The maximum atomic E-state index is 11.8. The first kappa shape index (κ1) is 17.2. The van der Waals surface area contributed by atoms with Gasteiger partial charge in [-0.3, -0.25) is 9.78 Å². The number of carbonyl (C=O) groups is 1. The topological polar surface area (TPSA) is 62.5 Å². The van der Waals surface area contributed by atoms with Gasteiger partial charge in [-0.25, -0.2) is 0 Å². The Labute approximate surface area is 148 Å². The minimum atomic E-state index is -0.000872. The number of amides is 1. The zero-order valence-corrected chi connectivity index (χ0v) is 14.6. The van der Waals surface area contributed by atoms with Gasteiger partial charge in [0, 0.05) is 44.5 Å². The van der Waals surface area contributed by atoms with Crippen LogP contribution in [0.2, 0.25) is 0 Å². The fourth-order valence-electron chi connectivity index (χ4n) is 3.27. The smallest absolute Gasteiger partial charge is 0.246 e. The normalized spacial score (nSPS) is 14.5. The summed E-state index contributed by atoms with van der Waals surface area (Å²) in [6.07, 6.45) is 5.11. The van der Waals surface area contributed by atoms with Crippen molar-refractivity contribution in [2.45, 2.75) is 13.5 Å². The SMILES string of the molecule is C=CC(=O)N1CCN(c2cnccc2-c2ccc(CN)c(C)c2)CC1. The Kier molecular flexibility index (Phi) is 5.14. The van der Waals surface area contributed by atoms with Crippen molar-refractivity contribution in [3.63, 3.8) is 0 Å². The first-order valence-electron chi connectivity index (χ1n) is 8.54. The highest BCUT2D eigenvalue weighted by Gasteiger charge is 2.21. The van der Waals surface area contributed by atoms with E-state index in [0.717, 1.165) is 35.5 Å². The van der Waals surface area contributed by atoms with E-state index in [4.69, 9.17) is 5.73 Å². The quantitative estimate of drug-likeness (QED) is 0.871. The van der Waals surface area contributed by atoms with Gasteiger partial charge in [0.1, 0.15) is 0 Å². The first-order chi connectivity index (χ1) is 12.1. The molecule has 0 spiro atoms. The molecule has 1 fully saturated rings. The number of nitrogens with zero attached hydrogens (tertiary/aromatic N) is 3. The molecule has 2 N–H and O–H groups in total. The lowest BCUT2D eigenvalue weighted by Crippen LogP contribution is -2.48. The average molecular weight is 336 g/mol. The molecule has 0 radical (unpaired) electrons. The number of piperazine rings is 1. The Hall–Kier alpha value is -2.66. The van der Waals surface area contributed by atoms with Gasteiger partial charge in [0.05, 0.1) is 11.9 Å². The standard InChI is InChI=1S/C20H24N4O/c1-3-20(25)24-10-8-23(9-11-24)19-14-22-7-6-18(19)16-4-5-17(13-21)15(2)12-16/h3-7,12,14H,1,8-11,13,21H2,2H3. The molecule has 1 aromatic carbocycles. The van der Waals surface area contributed by atoms with Crippen LogP contribution in [0.1, 0.15) is 11.1 Å². The summed E-state index contributed by atoms with van der Waals surface area (Å²) in [7, 11) is 0. The number of aromatic nitrogens is 1. The van der Waals surface area contributed by atoms with Crippen molar-refractivity contribution in [3.8, 4) is 11.1 Å². The minimum absolute atomic E-state index is 0.000872. The van der Waals surface area contributed by atoms with E-state index in [2.05, 4.69) is 41.6 Å². The van der Waals surface area contributed by atoms with Crippen molar-refractivity contribution in [3.05, 3.63) is 60.4 Å². The van der Waals surface area contributed by atoms with Gasteiger partial charge in [0.25, 0.3) is 0 Å². The second-order valence-electron chi connectivity index (χ2n) is 6.25. The molecule has 130 valence electrons. The van der Waals surface area contributed by atoms with E-state index in [9.17, 15) is 4.79 Å². The number of anilines is 1. The van der Waals surface area contributed by atoms with Crippen LogP contribution in [0.15, 0.2) is 49.3 Å². The predicted octanol–water partition coefficient (Wildman–Crippen LogP) is 2.35. The fraction of sp³-hybridized carbons (Fsp3) is 0.300. The number of benzene rings is 1. The summed E-state index contributed by atoms with van der Waals surface area (Å²) in [5, 5.41) is 0. The third-order valence-electron chi connectivity index (χ3n) is 4.78. The van der Waals surface area contributed by atoms with Crippen LogP contribution >= 0.6 is 0 Å². The van der Waals surface area contributed by atoms with E-state index < -0.39 is 0 Å². The lowest BCUT2D eigenvalue weighted by atomic mass is 9.99. The molecule has 1 aliphatic rings. The minimum Gasteiger partial charge on any atom is -0.366 e. The Morgan fingerprint density at radius 3 is 2.68 bits per heavy atom. The second kappa shape index (κ2) is 7.49. The number of carbonyl (C=O) groups excluding carboxylic acids is 1. The molecule has 5 nitrogen and oxygen atoms in total. The van der Waals surface area contributed by atoms with Crippen molar-refractivity contribution in [2.24, 2.45) is 5.73 Å². The van der Waals surface area contributed by atoms with Crippen LogP contribution in [0.25, 0.3) is 11.1 Å². The molecule has 0 bridgehead atoms. The van der Waals surface area contributed by atoms with Crippen molar-refractivity contribution >= 4 is 11.6 Å². The molecule has 2 heterocycles. The van der Waals surface area contributed by atoms with Gasteiger partial charge in [-0.05, 0) is 35.8 Å². The Bertz CT molecular complexity index is 779. The molecule has 0 unspecified atom stereocenters. The van der Waals surface area contributed by atoms with Crippen LogP contribution < -0.4 is 10.6 Å². The average Bonchev–Trinajstić information content (AvgIpc) is 2.67. The Morgan fingerprint density at radius 2 is 2.04 bits per heavy atom. The molecule has 1 aliphatic heterocycles. The summed E-state index contributed by atoms with van der Waals surface area (Å²) < 4.78 is 0.